The predicted molar refractivity (Wildman–Crippen MR) is 58.1 cm³/mol. The number of hydrogen-bond donors (Lipinski definition) is 3. The smallest absolute Gasteiger partial charge is 0.0166 e. The Morgan fingerprint density at radius 3 is 2.08 bits per heavy atom. The minimum absolute atomic E-state index is 0.0916. The van der Waals surface area contributed by atoms with Gasteiger partial charge in [-0.05, 0) is 38.8 Å². The number of rotatable bonds is 8. The van der Waals surface area contributed by atoms with Crippen molar-refractivity contribution in [2.75, 3.05) is 13.1 Å². The van der Waals surface area contributed by atoms with Gasteiger partial charge in [-0.2, -0.15) is 0 Å². The van der Waals surface area contributed by atoms with Crippen molar-refractivity contribution in [3.63, 3.8) is 0 Å². The van der Waals surface area contributed by atoms with Crippen LogP contribution in [0.4, 0.5) is 0 Å². The summed E-state index contributed by atoms with van der Waals surface area (Å²) < 4.78 is 0. The van der Waals surface area contributed by atoms with Gasteiger partial charge in [-0.1, -0.05) is 19.8 Å². The Labute approximate surface area is 82.0 Å². The third-order valence-corrected chi connectivity index (χ3v) is 2.45. The molecule has 0 aliphatic heterocycles. The lowest BCUT2D eigenvalue weighted by Gasteiger charge is -2.28. The summed E-state index contributed by atoms with van der Waals surface area (Å²) in [6.07, 6.45) is 5.94. The van der Waals surface area contributed by atoms with E-state index in [4.69, 9.17) is 17.2 Å². The van der Waals surface area contributed by atoms with Crippen LogP contribution in [0, 0.1) is 6.92 Å². The summed E-state index contributed by atoms with van der Waals surface area (Å²) >= 11 is 0. The predicted octanol–water partition coefficient (Wildman–Crippen LogP) is 0.776. The van der Waals surface area contributed by atoms with Gasteiger partial charge in [-0.25, -0.2) is 0 Å². The van der Waals surface area contributed by atoms with Crippen LogP contribution in [0.2, 0.25) is 0 Å². The first-order chi connectivity index (χ1) is 6.18. The van der Waals surface area contributed by atoms with Crippen LogP contribution in [0.25, 0.3) is 0 Å². The molecule has 0 amide bonds. The maximum absolute atomic E-state index is 6.20. The summed E-state index contributed by atoms with van der Waals surface area (Å²) in [6.45, 7) is 5.25. The van der Waals surface area contributed by atoms with Crippen LogP contribution in [-0.2, 0) is 0 Å². The highest BCUT2D eigenvalue weighted by Crippen LogP contribution is 2.20. The molecule has 79 valence electrons. The molecule has 3 heteroatoms. The summed E-state index contributed by atoms with van der Waals surface area (Å²) in [7, 11) is 0. The highest BCUT2D eigenvalue weighted by atomic mass is 14.7. The Hall–Kier alpha value is -0.120. The lowest BCUT2D eigenvalue weighted by molar-refractivity contribution is 0.335. The highest BCUT2D eigenvalue weighted by Gasteiger charge is 2.21. The van der Waals surface area contributed by atoms with Crippen LogP contribution in [0.1, 0.15) is 38.5 Å². The molecule has 0 saturated carbocycles. The molecule has 1 radical (unpaired) electrons. The van der Waals surface area contributed by atoms with Crippen molar-refractivity contribution < 1.29 is 0 Å². The Bertz CT molecular complexity index is 109. The third kappa shape index (κ3) is 6.02. The first-order valence-electron chi connectivity index (χ1n) is 5.17. The molecule has 0 heterocycles. The Kier molecular flexibility index (Phi) is 7.23. The van der Waals surface area contributed by atoms with E-state index in [0.29, 0.717) is 6.54 Å². The molecular formula is C10H24N3. The van der Waals surface area contributed by atoms with Crippen LogP contribution in [0.5, 0.6) is 0 Å². The van der Waals surface area contributed by atoms with Gasteiger partial charge in [-0.15, -0.1) is 0 Å². The van der Waals surface area contributed by atoms with Crippen LogP contribution in [-0.4, -0.2) is 18.6 Å². The Morgan fingerprint density at radius 1 is 0.923 bits per heavy atom. The molecule has 13 heavy (non-hydrogen) atoms. The molecule has 0 aromatic heterocycles. The Morgan fingerprint density at radius 2 is 1.62 bits per heavy atom. The van der Waals surface area contributed by atoms with Gasteiger partial charge in [0.25, 0.3) is 0 Å². The van der Waals surface area contributed by atoms with E-state index in [1.165, 1.54) is 0 Å². The van der Waals surface area contributed by atoms with Crippen LogP contribution < -0.4 is 17.2 Å². The van der Waals surface area contributed by atoms with Gasteiger partial charge < -0.3 is 17.2 Å². The van der Waals surface area contributed by atoms with E-state index in [1.807, 2.05) is 0 Å². The molecule has 0 spiro atoms. The van der Waals surface area contributed by atoms with E-state index < -0.39 is 0 Å². The molecule has 6 N–H and O–H groups in total. The van der Waals surface area contributed by atoms with E-state index >= 15 is 0 Å². The molecule has 1 atom stereocenters. The second-order valence-corrected chi connectivity index (χ2v) is 3.75. The fourth-order valence-electron chi connectivity index (χ4n) is 1.64. The van der Waals surface area contributed by atoms with Gasteiger partial charge in [-0.3, -0.25) is 0 Å². The monoisotopic (exact) mass is 186 g/mol. The summed E-state index contributed by atoms with van der Waals surface area (Å²) in [5.41, 5.74) is 17.1. The van der Waals surface area contributed by atoms with E-state index in [-0.39, 0.29) is 5.54 Å². The zero-order valence-corrected chi connectivity index (χ0v) is 8.60. The second-order valence-electron chi connectivity index (χ2n) is 3.75. The topological polar surface area (TPSA) is 78.1 Å². The van der Waals surface area contributed by atoms with Crippen molar-refractivity contribution in [3.05, 3.63) is 6.92 Å². The molecule has 0 fully saturated rings. The standard InChI is InChI=1S/C10H24N3/c1-2-5-10(13,7-9-12)6-3-4-8-11/h1-9,11-13H2. The van der Waals surface area contributed by atoms with Crippen LogP contribution in [0.15, 0.2) is 0 Å². The van der Waals surface area contributed by atoms with Gasteiger partial charge in [0, 0.05) is 5.54 Å². The summed E-state index contributed by atoms with van der Waals surface area (Å²) in [4.78, 5) is 0. The fourth-order valence-corrected chi connectivity index (χ4v) is 1.64. The first kappa shape index (κ1) is 12.9. The summed E-state index contributed by atoms with van der Waals surface area (Å²) in [6, 6.07) is 0. The van der Waals surface area contributed by atoms with Crippen molar-refractivity contribution in [2.24, 2.45) is 17.2 Å². The third-order valence-electron chi connectivity index (χ3n) is 2.45. The molecular weight excluding hydrogens is 162 g/mol. The molecule has 0 bridgehead atoms. The van der Waals surface area contributed by atoms with E-state index in [2.05, 4.69) is 6.92 Å². The van der Waals surface area contributed by atoms with Crippen molar-refractivity contribution in [2.45, 2.75) is 44.1 Å². The van der Waals surface area contributed by atoms with Gasteiger partial charge in [0.05, 0.1) is 0 Å². The number of nitrogens with two attached hydrogens (primary N) is 3. The quantitative estimate of drug-likeness (QED) is 0.490. The number of unbranched alkanes of at least 4 members (excludes halogenated alkanes) is 1. The van der Waals surface area contributed by atoms with E-state index in [0.717, 1.165) is 45.1 Å². The van der Waals surface area contributed by atoms with Crippen molar-refractivity contribution in [1.29, 1.82) is 0 Å². The summed E-state index contributed by atoms with van der Waals surface area (Å²) in [5.74, 6) is 0. The first-order valence-corrected chi connectivity index (χ1v) is 5.17. The van der Waals surface area contributed by atoms with E-state index in [9.17, 15) is 0 Å². The van der Waals surface area contributed by atoms with Crippen molar-refractivity contribution >= 4 is 0 Å². The average Bonchev–Trinajstić information content (AvgIpc) is 2.05. The zero-order chi connectivity index (χ0) is 10.2. The van der Waals surface area contributed by atoms with Crippen molar-refractivity contribution in [3.8, 4) is 0 Å². The largest absolute Gasteiger partial charge is 0.330 e. The minimum Gasteiger partial charge on any atom is -0.330 e. The zero-order valence-electron chi connectivity index (χ0n) is 8.60. The minimum atomic E-state index is -0.0916. The molecule has 0 saturated heterocycles. The lowest BCUT2D eigenvalue weighted by atomic mass is 9.86. The molecule has 0 aliphatic carbocycles. The van der Waals surface area contributed by atoms with Crippen LogP contribution >= 0.6 is 0 Å². The van der Waals surface area contributed by atoms with Gasteiger partial charge in [0.15, 0.2) is 0 Å². The molecule has 3 nitrogen and oxygen atoms in total. The lowest BCUT2D eigenvalue weighted by Crippen LogP contribution is -2.41. The highest BCUT2D eigenvalue weighted by molar-refractivity contribution is 4.84. The van der Waals surface area contributed by atoms with Gasteiger partial charge in [0.2, 0.25) is 0 Å². The van der Waals surface area contributed by atoms with Crippen LogP contribution in [0.3, 0.4) is 0 Å². The Balaban J connectivity index is 3.76. The van der Waals surface area contributed by atoms with Gasteiger partial charge >= 0.3 is 0 Å². The number of hydrogen-bond acceptors (Lipinski definition) is 3. The fraction of sp³-hybridized carbons (Fsp3) is 0.900. The second kappa shape index (κ2) is 7.30. The van der Waals surface area contributed by atoms with Crippen molar-refractivity contribution in [1.82, 2.24) is 0 Å². The average molecular weight is 186 g/mol. The normalized spacial score (nSPS) is 15.7. The molecule has 1 unspecified atom stereocenters. The molecule has 0 rings (SSSR count). The maximum atomic E-state index is 6.20. The SMILES string of the molecule is [CH2]CCC(N)(CCN)CCCCN. The molecule has 0 aromatic rings. The van der Waals surface area contributed by atoms with E-state index in [1.54, 1.807) is 0 Å². The summed E-state index contributed by atoms with van der Waals surface area (Å²) in [5, 5.41) is 0. The maximum Gasteiger partial charge on any atom is 0.0166 e. The molecule has 0 aromatic carbocycles. The molecule has 0 aliphatic rings. The van der Waals surface area contributed by atoms with Gasteiger partial charge in [0.1, 0.15) is 0 Å².